The van der Waals surface area contributed by atoms with Crippen LogP contribution in [0, 0.1) is 0 Å². The number of halogens is 1. The molecule has 0 aliphatic rings. The van der Waals surface area contributed by atoms with Gasteiger partial charge >= 0.3 is 0 Å². The van der Waals surface area contributed by atoms with E-state index in [0.717, 1.165) is 24.2 Å². The minimum absolute atomic E-state index is 0. The van der Waals surface area contributed by atoms with Gasteiger partial charge in [0.05, 0.1) is 12.7 Å². The summed E-state index contributed by atoms with van der Waals surface area (Å²) in [6.07, 6.45) is 1.62. The maximum atomic E-state index is 11.6. The Bertz CT molecular complexity index is 380. The number of anilines is 1. The van der Waals surface area contributed by atoms with E-state index < -0.39 is 0 Å². The molecule has 1 aromatic carbocycles. The topological polar surface area (TPSA) is 50.4 Å². The molecule has 5 heteroatoms. The number of carbonyl (C=O) groups excluding carboxylic acids is 1. The summed E-state index contributed by atoms with van der Waals surface area (Å²) in [7, 11) is 1.88. The smallest absolute Gasteiger partial charge is 0.224 e. The molecule has 0 bridgehead atoms. The molecular formula is C15H25ClN2O2. The highest BCUT2D eigenvalue weighted by Gasteiger charge is 2.02. The van der Waals surface area contributed by atoms with Crippen LogP contribution in [0.15, 0.2) is 24.3 Å². The van der Waals surface area contributed by atoms with Crippen molar-refractivity contribution in [3.63, 3.8) is 0 Å². The molecule has 1 amide bonds. The highest BCUT2D eigenvalue weighted by atomic mass is 35.5. The monoisotopic (exact) mass is 300 g/mol. The van der Waals surface area contributed by atoms with Gasteiger partial charge in [-0.15, -0.1) is 12.4 Å². The van der Waals surface area contributed by atoms with Crippen molar-refractivity contribution >= 4 is 24.0 Å². The van der Waals surface area contributed by atoms with E-state index in [9.17, 15) is 4.79 Å². The fraction of sp³-hybridized carbons (Fsp3) is 0.533. The van der Waals surface area contributed by atoms with Gasteiger partial charge in [0.2, 0.25) is 5.91 Å². The molecule has 0 aliphatic heterocycles. The van der Waals surface area contributed by atoms with Crippen molar-refractivity contribution in [2.45, 2.75) is 39.4 Å². The number of hydrogen-bond donors (Lipinski definition) is 2. The Balaban J connectivity index is 0.00000361. The van der Waals surface area contributed by atoms with Crippen LogP contribution < -0.4 is 10.6 Å². The molecule has 1 rings (SSSR count). The van der Waals surface area contributed by atoms with Crippen LogP contribution in [0.1, 0.15) is 32.3 Å². The molecule has 0 heterocycles. The Morgan fingerprint density at radius 2 is 1.90 bits per heavy atom. The van der Waals surface area contributed by atoms with E-state index in [2.05, 4.69) is 10.6 Å². The van der Waals surface area contributed by atoms with E-state index >= 15 is 0 Å². The Morgan fingerprint density at radius 3 is 2.45 bits per heavy atom. The van der Waals surface area contributed by atoms with E-state index in [1.807, 2.05) is 45.2 Å². The number of benzene rings is 1. The summed E-state index contributed by atoms with van der Waals surface area (Å²) in [4.78, 5) is 11.6. The lowest BCUT2D eigenvalue weighted by atomic mass is 10.2. The average Bonchev–Trinajstić information content (AvgIpc) is 2.38. The van der Waals surface area contributed by atoms with E-state index in [4.69, 9.17) is 4.74 Å². The molecule has 2 N–H and O–H groups in total. The average molecular weight is 301 g/mol. The van der Waals surface area contributed by atoms with Gasteiger partial charge in [0.15, 0.2) is 0 Å². The van der Waals surface area contributed by atoms with E-state index in [1.54, 1.807) is 0 Å². The van der Waals surface area contributed by atoms with Gasteiger partial charge in [0.25, 0.3) is 0 Å². The number of carbonyl (C=O) groups is 1. The standard InChI is InChI=1S/C15H24N2O2.ClH/c1-12(2)19-11-13-6-8-14(9-7-13)17-15(18)5-4-10-16-3;/h6-9,12,16H,4-5,10-11H2,1-3H3,(H,17,18);1H. The zero-order chi connectivity index (χ0) is 14.1. The van der Waals surface area contributed by atoms with Crippen molar-refractivity contribution in [1.82, 2.24) is 5.32 Å². The highest BCUT2D eigenvalue weighted by molar-refractivity contribution is 5.90. The Morgan fingerprint density at radius 1 is 1.25 bits per heavy atom. The first kappa shape index (κ1) is 18.9. The van der Waals surface area contributed by atoms with E-state index in [1.165, 1.54) is 0 Å². The summed E-state index contributed by atoms with van der Waals surface area (Å²) in [5, 5.41) is 5.91. The van der Waals surface area contributed by atoms with Crippen LogP contribution in [-0.2, 0) is 16.1 Å². The van der Waals surface area contributed by atoms with Crippen molar-refractivity contribution in [2.24, 2.45) is 0 Å². The van der Waals surface area contributed by atoms with Crippen LogP contribution in [0.25, 0.3) is 0 Å². The first-order valence-corrected chi connectivity index (χ1v) is 6.77. The van der Waals surface area contributed by atoms with Crippen molar-refractivity contribution in [2.75, 3.05) is 18.9 Å². The molecule has 4 nitrogen and oxygen atoms in total. The van der Waals surface area contributed by atoms with Crippen LogP contribution in [0.4, 0.5) is 5.69 Å². The molecule has 0 saturated heterocycles. The molecular weight excluding hydrogens is 276 g/mol. The molecule has 20 heavy (non-hydrogen) atoms. The minimum atomic E-state index is 0. The number of hydrogen-bond acceptors (Lipinski definition) is 3. The summed E-state index contributed by atoms with van der Waals surface area (Å²) in [6.45, 7) is 5.49. The molecule has 0 fully saturated rings. The maximum Gasteiger partial charge on any atom is 0.224 e. The summed E-state index contributed by atoms with van der Waals surface area (Å²) in [5.41, 5.74) is 1.95. The number of nitrogens with one attached hydrogen (secondary N) is 2. The van der Waals surface area contributed by atoms with Crippen LogP contribution >= 0.6 is 12.4 Å². The van der Waals surface area contributed by atoms with Gasteiger partial charge < -0.3 is 15.4 Å². The molecule has 0 unspecified atom stereocenters. The Hall–Kier alpha value is -1.10. The van der Waals surface area contributed by atoms with Gasteiger partial charge in [-0.25, -0.2) is 0 Å². The van der Waals surface area contributed by atoms with Gasteiger partial charge in [-0.3, -0.25) is 4.79 Å². The second-order valence-electron chi connectivity index (χ2n) is 4.81. The van der Waals surface area contributed by atoms with E-state index in [-0.39, 0.29) is 24.4 Å². The summed E-state index contributed by atoms with van der Waals surface area (Å²) >= 11 is 0. The predicted molar refractivity (Wildman–Crippen MR) is 85.4 cm³/mol. The summed E-state index contributed by atoms with van der Waals surface area (Å²) in [6, 6.07) is 7.78. The fourth-order valence-electron chi connectivity index (χ4n) is 1.60. The third-order valence-corrected chi connectivity index (χ3v) is 2.65. The maximum absolute atomic E-state index is 11.6. The van der Waals surface area contributed by atoms with Crippen molar-refractivity contribution in [3.8, 4) is 0 Å². The normalized spacial score (nSPS) is 10.2. The third kappa shape index (κ3) is 8.15. The lowest BCUT2D eigenvalue weighted by Gasteiger charge is -2.09. The molecule has 0 aromatic heterocycles. The largest absolute Gasteiger partial charge is 0.374 e. The first-order chi connectivity index (χ1) is 9.11. The Kier molecular flexibility index (Phi) is 10.1. The molecule has 0 aliphatic carbocycles. The fourth-order valence-corrected chi connectivity index (χ4v) is 1.60. The van der Waals surface area contributed by atoms with Crippen LogP contribution in [0.5, 0.6) is 0 Å². The molecule has 114 valence electrons. The third-order valence-electron chi connectivity index (χ3n) is 2.65. The lowest BCUT2D eigenvalue weighted by molar-refractivity contribution is -0.116. The van der Waals surface area contributed by atoms with Gasteiger partial charge in [-0.1, -0.05) is 12.1 Å². The summed E-state index contributed by atoms with van der Waals surface area (Å²) < 4.78 is 5.52. The lowest BCUT2D eigenvalue weighted by Crippen LogP contribution is -2.15. The Labute approximate surface area is 127 Å². The van der Waals surface area contributed by atoms with Crippen molar-refractivity contribution in [1.29, 1.82) is 0 Å². The van der Waals surface area contributed by atoms with Gasteiger partial charge in [0, 0.05) is 12.1 Å². The van der Waals surface area contributed by atoms with Gasteiger partial charge in [0.1, 0.15) is 0 Å². The minimum Gasteiger partial charge on any atom is -0.374 e. The number of amides is 1. The van der Waals surface area contributed by atoms with Crippen molar-refractivity contribution in [3.05, 3.63) is 29.8 Å². The molecule has 0 radical (unpaired) electrons. The molecule has 0 atom stereocenters. The SMILES string of the molecule is CNCCCC(=O)Nc1ccc(COC(C)C)cc1.Cl. The summed E-state index contributed by atoms with van der Waals surface area (Å²) in [5.74, 6) is 0.0569. The van der Waals surface area contributed by atoms with Crippen LogP contribution in [0.2, 0.25) is 0 Å². The van der Waals surface area contributed by atoms with Crippen molar-refractivity contribution < 1.29 is 9.53 Å². The highest BCUT2D eigenvalue weighted by Crippen LogP contribution is 2.11. The van der Waals surface area contributed by atoms with Crippen LogP contribution in [0.3, 0.4) is 0 Å². The number of rotatable bonds is 8. The molecule has 0 spiro atoms. The molecule has 1 aromatic rings. The zero-order valence-electron chi connectivity index (χ0n) is 12.4. The number of ether oxygens (including phenoxy) is 1. The predicted octanol–water partition coefficient (Wildman–Crippen LogP) is 2.97. The van der Waals surface area contributed by atoms with Crippen LogP contribution in [-0.4, -0.2) is 25.6 Å². The van der Waals surface area contributed by atoms with Gasteiger partial charge in [-0.05, 0) is 51.6 Å². The quantitative estimate of drug-likeness (QED) is 0.726. The molecule has 0 saturated carbocycles. The second-order valence-corrected chi connectivity index (χ2v) is 4.81. The van der Waals surface area contributed by atoms with Gasteiger partial charge in [-0.2, -0.15) is 0 Å². The second kappa shape index (κ2) is 10.7. The van der Waals surface area contributed by atoms with E-state index in [0.29, 0.717) is 13.0 Å². The first-order valence-electron chi connectivity index (χ1n) is 6.77. The zero-order valence-corrected chi connectivity index (χ0v) is 13.3.